The maximum atomic E-state index is 6.15. The predicted molar refractivity (Wildman–Crippen MR) is 68.2 cm³/mol. The minimum absolute atomic E-state index is 0.239. The van der Waals surface area contributed by atoms with Crippen LogP contribution in [0, 0.1) is 0 Å². The van der Waals surface area contributed by atoms with Crippen LogP contribution in [0.1, 0.15) is 23.6 Å². The first-order chi connectivity index (χ1) is 7.81. The van der Waals surface area contributed by atoms with E-state index in [4.69, 9.17) is 16.0 Å². The van der Waals surface area contributed by atoms with Gasteiger partial charge in [0.15, 0.2) is 0 Å². The normalized spacial score (nSPS) is 12.9. The zero-order valence-electron chi connectivity index (χ0n) is 9.07. The molecule has 0 aliphatic rings. The molecule has 0 saturated heterocycles. The van der Waals surface area contributed by atoms with E-state index in [9.17, 15) is 0 Å². The largest absolute Gasteiger partial charge is 0.469 e. The average molecular weight is 256 g/mol. The molecule has 1 atom stereocenters. The third-order valence-corrected chi connectivity index (χ3v) is 3.87. The number of likely N-dealkylation sites (N-methyl/N-ethyl adjacent to an activating group) is 1. The molecule has 2 heterocycles. The molecule has 0 radical (unpaired) electrons. The first-order valence-electron chi connectivity index (χ1n) is 5.30. The Morgan fingerprint density at radius 1 is 1.50 bits per heavy atom. The third kappa shape index (κ3) is 2.67. The zero-order valence-corrected chi connectivity index (χ0v) is 10.6. The minimum atomic E-state index is 0.239. The van der Waals surface area contributed by atoms with Crippen molar-refractivity contribution in [2.75, 3.05) is 6.54 Å². The van der Waals surface area contributed by atoms with Gasteiger partial charge in [-0.3, -0.25) is 0 Å². The number of nitrogens with one attached hydrogen (secondary N) is 1. The Morgan fingerprint density at radius 2 is 2.38 bits per heavy atom. The van der Waals surface area contributed by atoms with Crippen molar-refractivity contribution in [3.8, 4) is 0 Å². The second kappa shape index (κ2) is 5.53. The summed E-state index contributed by atoms with van der Waals surface area (Å²) >= 11 is 7.83. The van der Waals surface area contributed by atoms with E-state index in [1.807, 2.05) is 23.6 Å². The molecule has 2 nitrogen and oxygen atoms in total. The van der Waals surface area contributed by atoms with Gasteiger partial charge in [-0.05, 0) is 30.1 Å². The molecule has 1 N–H and O–H groups in total. The highest BCUT2D eigenvalue weighted by molar-refractivity contribution is 7.10. The Hall–Kier alpha value is -0.770. The van der Waals surface area contributed by atoms with E-state index >= 15 is 0 Å². The Kier molecular flexibility index (Phi) is 4.04. The summed E-state index contributed by atoms with van der Waals surface area (Å²) in [5, 5.41) is 6.28. The molecule has 0 aromatic carbocycles. The average Bonchev–Trinajstić information content (AvgIpc) is 2.88. The Balaban J connectivity index is 2.14. The van der Waals surface area contributed by atoms with Gasteiger partial charge in [0.1, 0.15) is 5.76 Å². The van der Waals surface area contributed by atoms with Crippen LogP contribution in [0.5, 0.6) is 0 Å². The third-order valence-electron chi connectivity index (χ3n) is 2.40. The van der Waals surface area contributed by atoms with Gasteiger partial charge in [0, 0.05) is 11.3 Å². The SMILES string of the molecule is CCNC(Cc1ccco1)c1sccc1Cl. The maximum Gasteiger partial charge on any atom is 0.105 e. The first kappa shape index (κ1) is 11.7. The summed E-state index contributed by atoms with van der Waals surface area (Å²) in [4.78, 5) is 1.18. The number of halogens is 1. The fourth-order valence-corrected chi connectivity index (χ4v) is 2.95. The molecule has 0 spiro atoms. The highest BCUT2D eigenvalue weighted by Gasteiger charge is 2.16. The number of rotatable bonds is 5. The van der Waals surface area contributed by atoms with Crippen LogP contribution in [0.3, 0.4) is 0 Å². The topological polar surface area (TPSA) is 25.2 Å². The molecule has 2 aromatic rings. The van der Waals surface area contributed by atoms with Crippen LogP contribution in [0.15, 0.2) is 34.3 Å². The molecular weight excluding hydrogens is 242 g/mol. The highest BCUT2D eigenvalue weighted by atomic mass is 35.5. The van der Waals surface area contributed by atoms with Crippen molar-refractivity contribution >= 4 is 22.9 Å². The summed E-state index contributed by atoms with van der Waals surface area (Å²) in [6, 6.07) is 6.08. The standard InChI is InChI=1S/C12H14ClNOS/c1-2-14-11(8-9-4-3-6-15-9)12-10(13)5-7-16-12/h3-7,11,14H,2,8H2,1H3. The summed E-state index contributed by atoms with van der Waals surface area (Å²) in [5.74, 6) is 0.982. The lowest BCUT2D eigenvalue weighted by atomic mass is 10.1. The number of furan rings is 1. The van der Waals surface area contributed by atoms with Crippen LogP contribution in [0.4, 0.5) is 0 Å². The molecular formula is C12H14ClNOS. The van der Waals surface area contributed by atoms with E-state index in [-0.39, 0.29) is 6.04 Å². The summed E-state index contributed by atoms with van der Waals surface area (Å²) in [7, 11) is 0. The van der Waals surface area contributed by atoms with Crippen LogP contribution in [0.2, 0.25) is 5.02 Å². The van der Waals surface area contributed by atoms with Crippen LogP contribution in [-0.2, 0) is 6.42 Å². The van der Waals surface area contributed by atoms with E-state index in [0.717, 1.165) is 23.7 Å². The molecule has 86 valence electrons. The van der Waals surface area contributed by atoms with Gasteiger partial charge in [-0.1, -0.05) is 18.5 Å². The zero-order chi connectivity index (χ0) is 11.4. The van der Waals surface area contributed by atoms with E-state index in [1.54, 1.807) is 17.6 Å². The molecule has 1 unspecified atom stereocenters. The van der Waals surface area contributed by atoms with E-state index in [2.05, 4.69) is 12.2 Å². The Labute approximate surface area is 104 Å². The van der Waals surface area contributed by atoms with E-state index in [1.165, 1.54) is 4.88 Å². The van der Waals surface area contributed by atoms with Crippen molar-refractivity contribution in [2.24, 2.45) is 0 Å². The quantitative estimate of drug-likeness (QED) is 0.877. The fraction of sp³-hybridized carbons (Fsp3) is 0.333. The van der Waals surface area contributed by atoms with Crippen LogP contribution < -0.4 is 5.32 Å². The number of hydrogen-bond donors (Lipinski definition) is 1. The molecule has 0 amide bonds. The fourth-order valence-electron chi connectivity index (χ4n) is 1.69. The van der Waals surface area contributed by atoms with E-state index < -0.39 is 0 Å². The van der Waals surface area contributed by atoms with Gasteiger partial charge in [-0.25, -0.2) is 0 Å². The van der Waals surface area contributed by atoms with Gasteiger partial charge >= 0.3 is 0 Å². The molecule has 0 saturated carbocycles. The summed E-state index contributed by atoms with van der Waals surface area (Å²) in [6.45, 7) is 3.01. The smallest absolute Gasteiger partial charge is 0.105 e. The van der Waals surface area contributed by atoms with Crippen LogP contribution in [-0.4, -0.2) is 6.54 Å². The summed E-state index contributed by atoms with van der Waals surface area (Å²) < 4.78 is 5.37. The van der Waals surface area contributed by atoms with Crippen molar-refractivity contribution in [1.82, 2.24) is 5.32 Å². The second-order valence-electron chi connectivity index (χ2n) is 3.53. The Morgan fingerprint density at radius 3 is 2.94 bits per heavy atom. The molecule has 16 heavy (non-hydrogen) atoms. The molecule has 2 aromatic heterocycles. The van der Waals surface area contributed by atoms with E-state index in [0.29, 0.717) is 0 Å². The van der Waals surface area contributed by atoms with Crippen molar-refractivity contribution < 1.29 is 4.42 Å². The van der Waals surface area contributed by atoms with Crippen molar-refractivity contribution in [3.63, 3.8) is 0 Å². The predicted octanol–water partition coefficient (Wildman–Crippen LogP) is 3.89. The maximum absolute atomic E-state index is 6.15. The number of hydrogen-bond acceptors (Lipinski definition) is 3. The minimum Gasteiger partial charge on any atom is -0.469 e. The molecule has 0 aliphatic carbocycles. The second-order valence-corrected chi connectivity index (χ2v) is 4.88. The monoisotopic (exact) mass is 255 g/mol. The summed E-state index contributed by atoms with van der Waals surface area (Å²) in [6.07, 6.45) is 2.54. The molecule has 4 heteroatoms. The Bertz CT molecular complexity index is 424. The molecule has 2 rings (SSSR count). The molecule has 0 bridgehead atoms. The first-order valence-corrected chi connectivity index (χ1v) is 6.55. The van der Waals surface area contributed by atoms with Crippen LogP contribution in [0.25, 0.3) is 0 Å². The van der Waals surface area contributed by atoms with Gasteiger partial charge in [-0.15, -0.1) is 11.3 Å². The van der Waals surface area contributed by atoms with Gasteiger partial charge < -0.3 is 9.73 Å². The lowest BCUT2D eigenvalue weighted by molar-refractivity contribution is 0.458. The van der Waals surface area contributed by atoms with Gasteiger partial charge in [0.25, 0.3) is 0 Å². The highest BCUT2D eigenvalue weighted by Crippen LogP contribution is 2.30. The van der Waals surface area contributed by atoms with Crippen LogP contribution >= 0.6 is 22.9 Å². The van der Waals surface area contributed by atoms with Gasteiger partial charge in [0.05, 0.1) is 17.3 Å². The molecule has 0 fully saturated rings. The van der Waals surface area contributed by atoms with Gasteiger partial charge in [0.2, 0.25) is 0 Å². The molecule has 0 aliphatic heterocycles. The lowest BCUT2D eigenvalue weighted by Gasteiger charge is -2.15. The number of thiophene rings is 1. The van der Waals surface area contributed by atoms with Crippen molar-refractivity contribution in [2.45, 2.75) is 19.4 Å². The van der Waals surface area contributed by atoms with Crippen molar-refractivity contribution in [1.29, 1.82) is 0 Å². The van der Waals surface area contributed by atoms with Gasteiger partial charge in [-0.2, -0.15) is 0 Å². The summed E-state index contributed by atoms with van der Waals surface area (Å²) in [5.41, 5.74) is 0. The van der Waals surface area contributed by atoms with Crippen molar-refractivity contribution in [3.05, 3.63) is 45.5 Å². The lowest BCUT2D eigenvalue weighted by Crippen LogP contribution is -2.22.